The molecule has 0 fully saturated rings. The summed E-state index contributed by atoms with van der Waals surface area (Å²) in [5.74, 6) is 0.0876. The molecule has 1 heterocycles. The van der Waals surface area contributed by atoms with Crippen molar-refractivity contribution in [1.82, 2.24) is 4.57 Å². The van der Waals surface area contributed by atoms with Crippen molar-refractivity contribution < 1.29 is 18.7 Å². The molecule has 0 saturated carbocycles. The van der Waals surface area contributed by atoms with Crippen LogP contribution in [0.2, 0.25) is 0 Å². The second-order valence-electron chi connectivity index (χ2n) is 6.84. The highest BCUT2D eigenvalue weighted by Gasteiger charge is 2.10. The first kappa shape index (κ1) is 22.2. The highest BCUT2D eigenvalue weighted by Crippen LogP contribution is 2.19. The molecule has 0 aliphatic heterocycles. The molecule has 160 valence electrons. The molecule has 30 heavy (non-hydrogen) atoms. The summed E-state index contributed by atoms with van der Waals surface area (Å²) >= 11 is 1.29. The second-order valence-corrected chi connectivity index (χ2v) is 7.85. The maximum absolute atomic E-state index is 13.6. The van der Waals surface area contributed by atoms with Crippen LogP contribution in [0.25, 0.3) is 10.2 Å². The standard InChI is InChI=1S/C23H27FN2O3S/c1-3-5-6-14-29-19-10-7-17(8-11-19)22(27)25-23-26(13-15-28-4-2)20-12-9-18(24)16-21(20)30-23/h7-12,16H,3-6,13-15H2,1-2H3. The van der Waals surface area contributed by atoms with E-state index < -0.39 is 0 Å². The Morgan fingerprint density at radius 1 is 1.10 bits per heavy atom. The molecule has 0 N–H and O–H groups in total. The summed E-state index contributed by atoms with van der Waals surface area (Å²) in [7, 11) is 0. The largest absolute Gasteiger partial charge is 0.494 e. The summed E-state index contributed by atoms with van der Waals surface area (Å²) in [4.78, 5) is 17.6. The number of aromatic nitrogens is 1. The first-order valence-corrected chi connectivity index (χ1v) is 11.1. The van der Waals surface area contributed by atoms with E-state index in [1.54, 1.807) is 30.3 Å². The van der Waals surface area contributed by atoms with Gasteiger partial charge in [0.1, 0.15) is 11.6 Å². The average molecular weight is 431 g/mol. The van der Waals surface area contributed by atoms with Crippen molar-refractivity contribution in [2.75, 3.05) is 19.8 Å². The molecule has 0 atom stereocenters. The van der Waals surface area contributed by atoms with Gasteiger partial charge in [0, 0.05) is 18.7 Å². The van der Waals surface area contributed by atoms with Gasteiger partial charge in [-0.3, -0.25) is 4.79 Å². The van der Waals surface area contributed by atoms with Crippen molar-refractivity contribution in [3.8, 4) is 5.75 Å². The van der Waals surface area contributed by atoms with Crippen LogP contribution >= 0.6 is 11.3 Å². The number of carbonyl (C=O) groups excluding carboxylic acids is 1. The third-order valence-corrected chi connectivity index (χ3v) is 5.66. The molecule has 3 rings (SSSR count). The number of hydrogen-bond acceptors (Lipinski definition) is 4. The Bertz CT molecular complexity index is 1040. The molecule has 1 aromatic heterocycles. The van der Waals surface area contributed by atoms with E-state index in [0.717, 1.165) is 35.2 Å². The Balaban J connectivity index is 1.82. The Morgan fingerprint density at radius 3 is 2.63 bits per heavy atom. The van der Waals surface area contributed by atoms with Crippen molar-refractivity contribution >= 4 is 27.5 Å². The predicted octanol–water partition coefficient (Wildman–Crippen LogP) is 5.19. The van der Waals surface area contributed by atoms with Gasteiger partial charge in [0.25, 0.3) is 5.91 Å². The van der Waals surface area contributed by atoms with Crippen LogP contribution in [0.4, 0.5) is 4.39 Å². The zero-order chi connectivity index (χ0) is 21.3. The SMILES string of the molecule is CCCCCOc1ccc(C(=O)N=c2sc3cc(F)ccc3n2CCOCC)cc1. The highest BCUT2D eigenvalue weighted by atomic mass is 32.1. The second kappa shape index (κ2) is 11.0. The van der Waals surface area contributed by atoms with Crippen molar-refractivity contribution in [3.63, 3.8) is 0 Å². The van der Waals surface area contributed by atoms with E-state index in [0.29, 0.717) is 36.7 Å². The minimum absolute atomic E-state index is 0.312. The molecular weight excluding hydrogens is 403 g/mol. The van der Waals surface area contributed by atoms with Crippen LogP contribution in [0.3, 0.4) is 0 Å². The van der Waals surface area contributed by atoms with Gasteiger partial charge in [-0.05, 0) is 55.8 Å². The summed E-state index contributed by atoms with van der Waals surface area (Å²) in [6.07, 6.45) is 3.30. The normalized spacial score (nSPS) is 11.9. The van der Waals surface area contributed by atoms with E-state index in [4.69, 9.17) is 9.47 Å². The molecule has 5 nitrogen and oxygen atoms in total. The van der Waals surface area contributed by atoms with Crippen LogP contribution in [0.1, 0.15) is 43.5 Å². The Labute approximate surface area is 179 Å². The fourth-order valence-corrected chi connectivity index (χ4v) is 4.12. The highest BCUT2D eigenvalue weighted by molar-refractivity contribution is 7.16. The molecule has 1 amide bonds. The van der Waals surface area contributed by atoms with Crippen LogP contribution < -0.4 is 9.54 Å². The van der Waals surface area contributed by atoms with Crippen LogP contribution in [-0.2, 0) is 11.3 Å². The summed E-state index contributed by atoms with van der Waals surface area (Å²) in [5.41, 5.74) is 1.32. The van der Waals surface area contributed by atoms with Gasteiger partial charge in [0.05, 0.1) is 23.4 Å². The molecule has 7 heteroatoms. The zero-order valence-electron chi connectivity index (χ0n) is 17.4. The lowest BCUT2D eigenvalue weighted by atomic mass is 10.2. The number of benzene rings is 2. The van der Waals surface area contributed by atoms with Gasteiger partial charge in [0.15, 0.2) is 4.80 Å². The number of amides is 1. The minimum atomic E-state index is -0.343. The van der Waals surface area contributed by atoms with E-state index in [-0.39, 0.29) is 11.7 Å². The van der Waals surface area contributed by atoms with E-state index in [1.165, 1.54) is 23.5 Å². The molecule has 0 aliphatic rings. The fraction of sp³-hybridized carbons (Fsp3) is 0.391. The van der Waals surface area contributed by atoms with Gasteiger partial charge in [-0.25, -0.2) is 4.39 Å². The van der Waals surface area contributed by atoms with Crippen molar-refractivity contribution in [2.24, 2.45) is 4.99 Å². The number of hydrogen-bond donors (Lipinski definition) is 0. The molecule has 0 bridgehead atoms. The summed E-state index contributed by atoms with van der Waals surface area (Å²) in [5, 5.41) is 0. The smallest absolute Gasteiger partial charge is 0.279 e. The Hall–Kier alpha value is -2.51. The van der Waals surface area contributed by atoms with Crippen molar-refractivity contribution in [1.29, 1.82) is 0 Å². The number of rotatable bonds is 10. The van der Waals surface area contributed by atoms with Gasteiger partial charge in [-0.2, -0.15) is 4.99 Å². The first-order valence-electron chi connectivity index (χ1n) is 10.3. The lowest BCUT2D eigenvalue weighted by Gasteiger charge is -2.06. The summed E-state index contributed by atoms with van der Waals surface area (Å²) in [6, 6.07) is 11.6. The maximum atomic E-state index is 13.6. The minimum Gasteiger partial charge on any atom is -0.494 e. The molecule has 0 radical (unpaired) electrons. The van der Waals surface area contributed by atoms with Gasteiger partial charge >= 0.3 is 0 Å². The molecule has 0 unspecified atom stereocenters. The topological polar surface area (TPSA) is 52.8 Å². The molecule has 0 aliphatic carbocycles. The number of carbonyl (C=O) groups is 1. The average Bonchev–Trinajstić information content (AvgIpc) is 3.08. The lowest BCUT2D eigenvalue weighted by molar-refractivity contribution is 0.0996. The summed E-state index contributed by atoms with van der Waals surface area (Å²) < 4.78 is 27.4. The van der Waals surface area contributed by atoms with E-state index in [2.05, 4.69) is 11.9 Å². The molecule has 0 spiro atoms. The molecule has 0 saturated heterocycles. The number of unbranched alkanes of at least 4 members (excludes halogenated alkanes) is 2. The summed E-state index contributed by atoms with van der Waals surface area (Å²) in [6.45, 7) is 6.38. The van der Waals surface area contributed by atoms with E-state index >= 15 is 0 Å². The van der Waals surface area contributed by atoms with E-state index in [1.807, 2.05) is 11.5 Å². The number of nitrogens with zero attached hydrogens (tertiary/aromatic N) is 2. The van der Waals surface area contributed by atoms with Crippen LogP contribution in [0.15, 0.2) is 47.5 Å². The third kappa shape index (κ3) is 5.77. The number of halogens is 1. The van der Waals surface area contributed by atoms with E-state index in [9.17, 15) is 9.18 Å². The monoisotopic (exact) mass is 430 g/mol. The van der Waals surface area contributed by atoms with Gasteiger partial charge in [-0.1, -0.05) is 31.1 Å². The zero-order valence-corrected chi connectivity index (χ0v) is 18.2. The fourth-order valence-electron chi connectivity index (χ4n) is 3.04. The molecule has 3 aromatic rings. The number of fused-ring (bicyclic) bond motifs is 1. The molecular formula is C23H27FN2O3S. The van der Waals surface area contributed by atoms with Gasteiger partial charge in [-0.15, -0.1) is 0 Å². The number of ether oxygens (including phenoxy) is 2. The van der Waals surface area contributed by atoms with Crippen LogP contribution in [0.5, 0.6) is 5.75 Å². The molecule has 2 aromatic carbocycles. The van der Waals surface area contributed by atoms with Gasteiger partial charge in [0.2, 0.25) is 0 Å². The quantitative estimate of drug-likeness (QED) is 0.416. The third-order valence-electron chi connectivity index (χ3n) is 4.62. The lowest BCUT2D eigenvalue weighted by Crippen LogP contribution is -2.19. The predicted molar refractivity (Wildman–Crippen MR) is 118 cm³/mol. The van der Waals surface area contributed by atoms with Crippen molar-refractivity contribution in [3.05, 3.63) is 58.6 Å². The van der Waals surface area contributed by atoms with Gasteiger partial charge < -0.3 is 14.0 Å². The first-order chi connectivity index (χ1) is 14.6. The Morgan fingerprint density at radius 2 is 1.90 bits per heavy atom. The van der Waals surface area contributed by atoms with Crippen molar-refractivity contribution in [2.45, 2.75) is 39.7 Å². The number of thiazole rings is 1. The van der Waals surface area contributed by atoms with Crippen LogP contribution in [0, 0.1) is 5.82 Å². The van der Waals surface area contributed by atoms with Crippen LogP contribution in [-0.4, -0.2) is 30.3 Å². The Kier molecular flexibility index (Phi) is 8.16. The maximum Gasteiger partial charge on any atom is 0.279 e.